The van der Waals surface area contributed by atoms with Crippen LogP contribution in [-0.4, -0.2) is 44.9 Å². The zero-order valence-corrected chi connectivity index (χ0v) is 22.3. The highest BCUT2D eigenvalue weighted by Crippen LogP contribution is 2.38. The second-order valence-corrected chi connectivity index (χ2v) is 10.7. The predicted octanol–water partition coefficient (Wildman–Crippen LogP) is 6.66. The lowest BCUT2D eigenvalue weighted by Gasteiger charge is -2.14. The summed E-state index contributed by atoms with van der Waals surface area (Å²) in [7, 11) is 3.36. The molecular formula is C24H22BrCl2N5O2. The molecule has 0 aliphatic heterocycles. The fraction of sp³-hybridized carbons (Fsp3) is 0.250. The van der Waals surface area contributed by atoms with E-state index in [1.807, 2.05) is 45.0 Å². The first-order chi connectivity index (χ1) is 16.0. The molecule has 4 rings (SSSR count). The summed E-state index contributed by atoms with van der Waals surface area (Å²) < 4.78 is 8.50. The van der Waals surface area contributed by atoms with Gasteiger partial charge in [0.15, 0.2) is 5.69 Å². The van der Waals surface area contributed by atoms with Crippen LogP contribution in [0.25, 0.3) is 28.5 Å². The van der Waals surface area contributed by atoms with Crippen molar-refractivity contribution in [3.63, 3.8) is 0 Å². The first-order valence-electron chi connectivity index (χ1n) is 10.4. The van der Waals surface area contributed by atoms with Crippen LogP contribution in [0, 0.1) is 0 Å². The van der Waals surface area contributed by atoms with E-state index in [4.69, 9.17) is 32.7 Å². The minimum atomic E-state index is -0.367. The molecule has 176 valence electrons. The van der Waals surface area contributed by atoms with E-state index in [2.05, 4.69) is 26.1 Å². The summed E-state index contributed by atoms with van der Waals surface area (Å²) in [4.78, 5) is 15.0. The van der Waals surface area contributed by atoms with Gasteiger partial charge in [-0.1, -0.05) is 72.0 Å². The fourth-order valence-corrected chi connectivity index (χ4v) is 4.07. The Balaban J connectivity index is 2.08. The van der Waals surface area contributed by atoms with Gasteiger partial charge >= 0.3 is 0 Å². The zero-order chi connectivity index (χ0) is 24.8. The molecule has 0 atom stereocenters. The predicted molar refractivity (Wildman–Crippen MR) is 137 cm³/mol. The van der Waals surface area contributed by atoms with Gasteiger partial charge in [-0.2, -0.15) is 5.10 Å². The largest absolute Gasteiger partial charge is 0.419 e. The van der Waals surface area contributed by atoms with Gasteiger partial charge in [0.1, 0.15) is 0 Å². The van der Waals surface area contributed by atoms with Gasteiger partial charge in [-0.15, -0.1) is 10.2 Å². The number of rotatable bonds is 4. The third kappa shape index (κ3) is 4.62. The van der Waals surface area contributed by atoms with Crippen molar-refractivity contribution in [2.75, 3.05) is 14.1 Å². The number of carbonyl (C=O) groups is 1. The molecule has 0 saturated heterocycles. The van der Waals surface area contributed by atoms with Crippen LogP contribution in [0.1, 0.15) is 37.0 Å². The summed E-state index contributed by atoms with van der Waals surface area (Å²) >= 11 is 16.2. The monoisotopic (exact) mass is 561 g/mol. The molecule has 1 amide bonds. The van der Waals surface area contributed by atoms with Gasteiger partial charge in [-0.3, -0.25) is 4.79 Å². The minimum Gasteiger partial charge on any atom is -0.419 e. The summed E-state index contributed by atoms with van der Waals surface area (Å²) in [5.74, 6) is 0.326. The maximum atomic E-state index is 13.5. The summed E-state index contributed by atoms with van der Waals surface area (Å²) in [6.07, 6.45) is 0. The first kappa shape index (κ1) is 24.4. The minimum absolute atomic E-state index is 0.150. The number of hydrogen-bond donors (Lipinski definition) is 0. The maximum absolute atomic E-state index is 13.5. The second kappa shape index (κ2) is 9.17. The number of hydrogen-bond acceptors (Lipinski definition) is 5. The van der Waals surface area contributed by atoms with E-state index < -0.39 is 0 Å². The molecule has 7 nitrogen and oxygen atoms in total. The van der Waals surface area contributed by atoms with Crippen molar-refractivity contribution in [3.05, 3.63) is 68.4 Å². The molecule has 0 aliphatic rings. The Bertz CT molecular complexity index is 1370. The van der Waals surface area contributed by atoms with Gasteiger partial charge in [0.25, 0.3) is 11.8 Å². The van der Waals surface area contributed by atoms with Crippen LogP contribution >= 0.6 is 39.1 Å². The Labute approximate surface area is 215 Å². The lowest BCUT2D eigenvalue weighted by atomic mass is 9.97. The van der Waals surface area contributed by atoms with E-state index >= 15 is 0 Å². The Morgan fingerprint density at radius 3 is 2.29 bits per heavy atom. The topological polar surface area (TPSA) is 77.1 Å². The van der Waals surface area contributed by atoms with Crippen molar-refractivity contribution >= 4 is 45.0 Å². The average Bonchev–Trinajstić information content (AvgIpc) is 3.39. The molecule has 0 fully saturated rings. The SMILES string of the molecule is CN(C)C(=O)c1c(-c2nnc(C(C)(C)C)o2)nn(-c2ccc(Cl)cc2Cl)c1-c1ccc(Br)cc1. The van der Waals surface area contributed by atoms with Gasteiger partial charge in [-0.25, -0.2) is 4.68 Å². The number of amides is 1. The summed E-state index contributed by atoms with van der Waals surface area (Å²) in [5.41, 5.74) is 2.08. The van der Waals surface area contributed by atoms with Crippen molar-refractivity contribution in [3.8, 4) is 28.5 Å². The molecule has 0 radical (unpaired) electrons. The quantitative estimate of drug-likeness (QED) is 0.278. The van der Waals surface area contributed by atoms with E-state index in [-0.39, 0.29) is 22.9 Å². The van der Waals surface area contributed by atoms with E-state index in [0.717, 1.165) is 10.0 Å². The van der Waals surface area contributed by atoms with E-state index in [1.54, 1.807) is 37.0 Å². The fourth-order valence-electron chi connectivity index (χ4n) is 3.32. The molecule has 4 aromatic rings. The maximum Gasteiger partial charge on any atom is 0.269 e. The molecule has 34 heavy (non-hydrogen) atoms. The summed E-state index contributed by atoms with van der Waals surface area (Å²) in [5, 5.41) is 14.1. The van der Waals surface area contributed by atoms with E-state index in [1.165, 1.54) is 4.90 Å². The van der Waals surface area contributed by atoms with E-state index in [0.29, 0.717) is 32.9 Å². The van der Waals surface area contributed by atoms with Crippen LogP contribution < -0.4 is 0 Å². The van der Waals surface area contributed by atoms with Crippen molar-refractivity contribution in [2.45, 2.75) is 26.2 Å². The lowest BCUT2D eigenvalue weighted by Crippen LogP contribution is -2.22. The van der Waals surface area contributed by atoms with Crippen LogP contribution in [-0.2, 0) is 5.41 Å². The van der Waals surface area contributed by atoms with Gasteiger partial charge in [0.05, 0.1) is 22.0 Å². The van der Waals surface area contributed by atoms with Gasteiger partial charge in [-0.05, 0) is 30.3 Å². The van der Waals surface area contributed by atoms with Gasteiger partial charge < -0.3 is 9.32 Å². The molecule has 0 bridgehead atoms. The highest BCUT2D eigenvalue weighted by atomic mass is 79.9. The average molecular weight is 563 g/mol. The molecular weight excluding hydrogens is 541 g/mol. The standard InChI is InChI=1S/C24H22BrCl2N5O2/c1-24(2,3)23-29-28-21(34-23)19-18(22(33)31(4)5)20(13-6-8-14(25)9-7-13)32(30-19)17-11-10-15(26)12-16(17)27/h6-12H,1-5H3. The van der Waals surface area contributed by atoms with Crippen LogP contribution in [0.4, 0.5) is 0 Å². The van der Waals surface area contributed by atoms with Crippen molar-refractivity contribution in [2.24, 2.45) is 0 Å². The van der Waals surface area contributed by atoms with Crippen LogP contribution in [0.15, 0.2) is 51.4 Å². The van der Waals surface area contributed by atoms with Crippen molar-refractivity contribution in [1.29, 1.82) is 0 Å². The molecule has 2 aromatic heterocycles. The van der Waals surface area contributed by atoms with Gasteiger partial charge in [0, 0.05) is 34.6 Å². The Hall–Kier alpha value is -2.68. The van der Waals surface area contributed by atoms with Crippen LogP contribution in [0.3, 0.4) is 0 Å². The molecule has 0 aliphatic carbocycles. The second-order valence-electron chi connectivity index (χ2n) is 8.95. The first-order valence-corrected chi connectivity index (χ1v) is 11.9. The Morgan fingerprint density at radius 1 is 1.06 bits per heavy atom. The molecule has 2 heterocycles. The third-order valence-electron chi connectivity index (χ3n) is 5.03. The van der Waals surface area contributed by atoms with E-state index in [9.17, 15) is 4.79 Å². The van der Waals surface area contributed by atoms with Crippen molar-refractivity contribution < 1.29 is 9.21 Å². The van der Waals surface area contributed by atoms with Crippen molar-refractivity contribution in [1.82, 2.24) is 24.9 Å². The zero-order valence-electron chi connectivity index (χ0n) is 19.2. The normalized spacial score (nSPS) is 11.6. The summed E-state index contributed by atoms with van der Waals surface area (Å²) in [6.45, 7) is 5.90. The Morgan fingerprint density at radius 2 is 1.74 bits per heavy atom. The molecule has 0 saturated carbocycles. The smallest absolute Gasteiger partial charge is 0.269 e. The summed E-state index contributed by atoms with van der Waals surface area (Å²) in [6, 6.07) is 12.7. The number of nitrogens with zero attached hydrogens (tertiary/aromatic N) is 5. The third-order valence-corrected chi connectivity index (χ3v) is 6.10. The molecule has 0 unspecified atom stereocenters. The molecule has 10 heteroatoms. The lowest BCUT2D eigenvalue weighted by molar-refractivity contribution is 0.0829. The highest BCUT2D eigenvalue weighted by molar-refractivity contribution is 9.10. The number of benzene rings is 2. The van der Waals surface area contributed by atoms with Crippen LogP contribution in [0.5, 0.6) is 0 Å². The highest BCUT2D eigenvalue weighted by Gasteiger charge is 2.32. The molecule has 2 aromatic carbocycles. The van der Waals surface area contributed by atoms with Crippen LogP contribution in [0.2, 0.25) is 10.0 Å². The molecule has 0 spiro atoms. The Kier molecular flexibility index (Phi) is 6.59. The molecule has 0 N–H and O–H groups in total. The number of halogens is 3. The van der Waals surface area contributed by atoms with Gasteiger partial charge in [0.2, 0.25) is 5.89 Å². The number of carbonyl (C=O) groups excluding carboxylic acids is 1. The number of aromatic nitrogens is 4.